The number of alkyl halides is 4. The standard InChI is InChI=1S/C2H2F4O2/c3-1(4)7-8-2(5)6/h1-2H. The fraction of sp³-hybridized carbons (Fsp3) is 1.00. The van der Waals surface area contributed by atoms with Crippen LogP contribution in [0.15, 0.2) is 0 Å². The van der Waals surface area contributed by atoms with Gasteiger partial charge in [0.15, 0.2) is 0 Å². The molecule has 0 aromatic heterocycles. The van der Waals surface area contributed by atoms with Gasteiger partial charge < -0.3 is 0 Å². The van der Waals surface area contributed by atoms with Gasteiger partial charge in [0.05, 0.1) is 0 Å². The maximum absolute atomic E-state index is 10.7. The number of halogens is 4. The number of hydrogen-bond acceptors (Lipinski definition) is 2. The second kappa shape index (κ2) is 3.62. The topological polar surface area (TPSA) is 18.5 Å². The Morgan fingerprint density at radius 3 is 1.12 bits per heavy atom. The van der Waals surface area contributed by atoms with Crippen molar-refractivity contribution in [2.45, 2.75) is 13.2 Å². The van der Waals surface area contributed by atoms with E-state index in [-0.39, 0.29) is 0 Å². The largest absolute Gasteiger partial charge is 0.371 e. The molecule has 0 aromatic carbocycles. The summed E-state index contributed by atoms with van der Waals surface area (Å²) in [6, 6.07) is 0. The Labute approximate surface area is 41.9 Å². The van der Waals surface area contributed by atoms with E-state index in [0.29, 0.717) is 0 Å². The minimum absolute atomic E-state index is 2.72. The van der Waals surface area contributed by atoms with Gasteiger partial charge in [-0.2, -0.15) is 27.3 Å². The first-order chi connectivity index (χ1) is 3.63. The van der Waals surface area contributed by atoms with Crippen LogP contribution < -0.4 is 0 Å². The Balaban J connectivity index is 2.93. The third kappa shape index (κ3) is 5.64. The lowest BCUT2D eigenvalue weighted by Crippen LogP contribution is -2.04. The van der Waals surface area contributed by atoms with Crippen molar-refractivity contribution in [1.82, 2.24) is 0 Å². The summed E-state index contributed by atoms with van der Waals surface area (Å²) < 4.78 is 42.9. The van der Waals surface area contributed by atoms with Gasteiger partial charge in [-0.15, -0.1) is 0 Å². The van der Waals surface area contributed by atoms with E-state index in [9.17, 15) is 17.6 Å². The van der Waals surface area contributed by atoms with Crippen molar-refractivity contribution in [3.63, 3.8) is 0 Å². The molecule has 0 aliphatic rings. The molecule has 0 aromatic rings. The Morgan fingerprint density at radius 2 is 1.00 bits per heavy atom. The Bertz CT molecular complexity index is 48.0. The first-order valence-electron chi connectivity index (χ1n) is 1.51. The molecule has 0 aliphatic carbocycles. The van der Waals surface area contributed by atoms with Crippen molar-refractivity contribution in [1.29, 1.82) is 0 Å². The van der Waals surface area contributed by atoms with Gasteiger partial charge in [0.2, 0.25) is 0 Å². The highest BCUT2D eigenvalue weighted by atomic mass is 19.3. The molecule has 0 atom stereocenters. The van der Waals surface area contributed by atoms with Crippen LogP contribution in [0.5, 0.6) is 0 Å². The maximum Gasteiger partial charge on any atom is 0.371 e. The third-order valence-corrected chi connectivity index (χ3v) is 0.201. The summed E-state index contributed by atoms with van der Waals surface area (Å²) in [6.45, 7) is -6.63. The van der Waals surface area contributed by atoms with Gasteiger partial charge in [0.1, 0.15) is 0 Å². The van der Waals surface area contributed by atoms with Crippen LogP contribution in [0.2, 0.25) is 0 Å². The minimum atomic E-state index is -3.32. The Morgan fingerprint density at radius 1 is 0.750 bits per heavy atom. The van der Waals surface area contributed by atoms with Gasteiger partial charge in [-0.05, 0) is 0 Å². The summed E-state index contributed by atoms with van der Waals surface area (Å²) in [7, 11) is 0. The molecule has 0 saturated heterocycles. The minimum Gasteiger partial charge on any atom is -0.176 e. The molecular formula is C2H2F4O2. The third-order valence-electron chi connectivity index (χ3n) is 0.201. The monoisotopic (exact) mass is 134 g/mol. The van der Waals surface area contributed by atoms with Crippen molar-refractivity contribution in [2.24, 2.45) is 0 Å². The lowest BCUT2D eigenvalue weighted by atomic mass is 11.5. The summed E-state index contributed by atoms with van der Waals surface area (Å²) in [5.74, 6) is 0. The van der Waals surface area contributed by atoms with Crippen LogP contribution in [0.25, 0.3) is 0 Å². The van der Waals surface area contributed by atoms with E-state index in [1.165, 1.54) is 0 Å². The quantitative estimate of drug-likeness (QED) is 0.329. The number of rotatable bonds is 3. The normalized spacial score (nSPS) is 11.2. The predicted octanol–water partition coefficient (Wildman–Crippen LogP) is 1.38. The van der Waals surface area contributed by atoms with Crippen molar-refractivity contribution in [3.8, 4) is 0 Å². The molecule has 0 spiro atoms. The van der Waals surface area contributed by atoms with Crippen molar-refractivity contribution >= 4 is 0 Å². The Hall–Kier alpha value is -0.360. The molecule has 8 heavy (non-hydrogen) atoms. The van der Waals surface area contributed by atoms with Crippen LogP contribution in [0.4, 0.5) is 17.6 Å². The number of hydrogen-bond donors (Lipinski definition) is 0. The van der Waals surface area contributed by atoms with E-state index in [1.807, 2.05) is 0 Å². The van der Waals surface area contributed by atoms with E-state index in [1.54, 1.807) is 0 Å². The Kier molecular flexibility index (Phi) is 3.46. The highest BCUT2D eigenvalue weighted by Crippen LogP contribution is 2.00. The van der Waals surface area contributed by atoms with E-state index < -0.39 is 13.2 Å². The van der Waals surface area contributed by atoms with Gasteiger partial charge >= 0.3 is 13.2 Å². The molecule has 0 radical (unpaired) electrons. The maximum atomic E-state index is 10.7. The van der Waals surface area contributed by atoms with E-state index >= 15 is 0 Å². The molecule has 0 N–H and O–H groups in total. The molecule has 2 nitrogen and oxygen atoms in total. The predicted molar refractivity (Wildman–Crippen MR) is 14.2 cm³/mol. The summed E-state index contributed by atoms with van der Waals surface area (Å²) in [4.78, 5) is 5.44. The zero-order valence-electron chi connectivity index (χ0n) is 3.48. The van der Waals surface area contributed by atoms with Crippen LogP contribution in [-0.4, -0.2) is 13.2 Å². The van der Waals surface area contributed by atoms with Gasteiger partial charge in [0, 0.05) is 0 Å². The van der Waals surface area contributed by atoms with Crippen molar-refractivity contribution in [3.05, 3.63) is 0 Å². The van der Waals surface area contributed by atoms with Crippen LogP contribution in [0.3, 0.4) is 0 Å². The lowest BCUT2D eigenvalue weighted by Gasteiger charge is -1.97. The molecule has 0 amide bonds. The average molecular weight is 134 g/mol. The molecule has 0 bridgehead atoms. The first-order valence-corrected chi connectivity index (χ1v) is 1.51. The summed E-state index contributed by atoms with van der Waals surface area (Å²) in [6.07, 6.45) is 0. The van der Waals surface area contributed by atoms with E-state index in [4.69, 9.17) is 0 Å². The molecule has 0 unspecified atom stereocenters. The lowest BCUT2D eigenvalue weighted by molar-refractivity contribution is -0.444. The average Bonchev–Trinajstić information content (AvgIpc) is 1.61. The summed E-state index contributed by atoms with van der Waals surface area (Å²) in [5, 5.41) is 0. The van der Waals surface area contributed by atoms with E-state index in [2.05, 4.69) is 9.78 Å². The fourth-order valence-corrected chi connectivity index (χ4v) is 0.0840. The molecule has 6 heteroatoms. The second-order valence-corrected chi connectivity index (χ2v) is 0.714. The van der Waals surface area contributed by atoms with Gasteiger partial charge in [0.25, 0.3) is 0 Å². The zero-order valence-corrected chi connectivity index (χ0v) is 3.48. The molecule has 0 saturated carbocycles. The molecule has 50 valence electrons. The van der Waals surface area contributed by atoms with Gasteiger partial charge in [-0.1, -0.05) is 0 Å². The van der Waals surface area contributed by atoms with E-state index in [0.717, 1.165) is 0 Å². The molecule has 0 fully saturated rings. The van der Waals surface area contributed by atoms with Crippen LogP contribution in [-0.2, 0) is 9.78 Å². The highest BCUT2D eigenvalue weighted by molar-refractivity contribution is 3.97. The first kappa shape index (κ1) is 7.64. The SMILES string of the molecule is FC(F)OOC(F)F. The summed E-state index contributed by atoms with van der Waals surface area (Å²) in [5.41, 5.74) is 0. The zero-order chi connectivity index (χ0) is 6.57. The molecule has 0 heterocycles. The second-order valence-electron chi connectivity index (χ2n) is 0.714. The van der Waals surface area contributed by atoms with Crippen LogP contribution in [0.1, 0.15) is 0 Å². The van der Waals surface area contributed by atoms with Crippen LogP contribution in [0, 0.1) is 0 Å². The van der Waals surface area contributed by atoms with Gasteiger partial charge in [-0.3, -0.25) is 0 Å². The van der Waals surface area contributed by atoms with Gasteiger partial charge in [-0.25, -0.2) is 0 Å². The molecular weight excluding hydrogens is 132 g/mol. The molecule has 0 rings (SSSR count). The fourth-order valence-electron chi connectivity index (χ4n) is 0.0840. The smallest absolute Gasteiger partial charge is 0.176 e. The molecule has 0 aliphatic heterocycles. The van der Waals surface area contributed by atoms with Crippen molar-refractivity contribution in [2.75, 3.05) is 0 Å². The van der Waals surface area contributed by atoms with Crippen LogP contribution >= 0.6 is 0 Å². The van der Waals surface area contributed by atoms with Crippen molar-refractivity contribution < 1.29 is 27.3 Å². The highest BCUT2D eigenvalue weighted by Gasteiger charge is 2.08. The summed E-state index contributed by atoms with van der Waals surface area (Å²) >= 11 is 0.